The summed E-state index contributed by atoms with van der Waals surface area (Å²) >= 11 is 0. The SMILES string of the molecule is Cc1ccc(OCCNC(=O)c2cnn(-c3cccc(C(F)(F)F)c3)c2C2CC2)cc1. The molecular weight excluding hydrogens is 407 g/mol. The Hall–Kier alpha value is -3.29. The molecule has 0 radical (unpaired) electrons. The van der Waals surface area contributed by atoms with E-state index in [-0.39, 0.29) is 11.8 Å². The van der Waals surface area contributed by atoms with E-state index in [4.69, 9.17) is 4.74 Å². The predicted molar refractivity (Wildman–Crippen MR) is 110 cm³/mol. The van der Waals surface area contributed by atoms with Crippen molar-refractivity contribution in [1.29, 1.82) is 0 Å². The van der Waals surface area contributed by atoms with Crippen LogP contribution in [0, 0.1) is 6.92 Å². The first kappa shape index (κ1) is 21.0. The van der Waals surface area contributed by atoms with Crippen molar-refractivity contribution in [2.75, 3.05) is 13.2 Å². The van der Waals surface area contributed by atoms with Gasteiger partial charge in [0.1, 0.15) is 12.4 Å². The number of rotatable bonds is 7. The van der Waals surface area contributed by atoms with Crippen molar-refractivity contribution >= 4 is 5.91 Å². The van der Waals surface area contributed by atoms with Crippen LogP contribution in [0.1, 0.15) is 45.9 Å². The number of alkyl halides is 3. The Morgan fingerprint density at radius 3 is 2.61 bits per heavy atom. The molecule has 1 heterocycles. The van der Waals surface area contributed by atoms with E-state index in [1.165, 1.54) is 16.9 Å². The summed E-state index contributed by atoms with van der Waals surface area (Å²) in [5, 5.41) is 7.04. The maximum atomic E-state index is 13.1. The zero-order chi connectivity index (χ0) is 22.0. The summed E-state index contributed by atoms with van der Waals surface area (Å²) in [7, 11) is 0. The molecular formula is C23H22F3N3O2. The number of aryl methyl sites for hydroxylation is 1. The molecule has 0 unspecified atom stereocenters. The summed E-state index contributed by atoms with van der Waals surface area (Å²) in [5.41, 5.74) is 1.71. The molecule has 0 atom stereocenters. The fourth-order valence-electron chi connectivity index (χ4n) is 3.37. The Labute approximate surface area is 177 Å². The van der Waals surface area contributed by atoms with Crippen molar-refractivity contribution < 1.29 is 22.7 Å². The lowest BCUT2D eigenvalue weighted by atomic mass is 10.1. The number of carbonyl (C=O) groups is 1. The molecule has 31 heavy (non-hydrogen) atoms. The van der Waals surface area contributed by atoms with Crippen molar-refractivity contribution in [2.24, 2.45) is 0 Å². The highest BCUT2D eigenvalue weighted by Crippen LogP contribution is 2.42. The highest BCUT2D eigenvalue weighted by molar-refractivity contribution is 5.95. The number of amides is 1. The number of nitrogens with zero attached hydrogens (tertiary/aromatic N) is 2. The number of benzene rings is 2. The summed E-state index contributed by atoms with van der Waals surface area (Å²) in [4.78, 5) is 12.7. The predicted octanol–water partition coefficient (Wildman–Crippen LogP) is 4.89. The number of hydrogen-bond acceptors (Lipinski definition) is 3. The van der Waals surface area contributed by atoms with E-state index in [0.717, 1.165) is 36.3 Å². The largest absolute Gasteiger partial charge is 0.492 e. The van der Waals surface area contributed by atoms with Crippen LogP contribution < -0.4 is 10.1 Å². The van der Waals surface area contributed by atoms with E-state index < -0.39 is 11.7 Å². The van der Waals surface area contributed by atoms with Gasteiger partial charge < -0.3 is 10.1 Å². The van der Waals surface area contributed by atoms with E-state index in [0.29, 0.717) is 30.1 Å². The molecule has 1 aromatic heterocycles. The Morgan fingerprint density at radius 1 is 1.19 bits per heavy atom. The van der Waals surface area contributed by atoms with E-state index in [9.17, 15) is 18.0 Å². The van der Waals surface area contributed by atoms with Crippen molar-refractivity contribution in [3.63, 3.8) is 0 Å². The van der Waals surface area contributed by atoms with Crippen molar-refractivity contribution in [1.82, 2.24) is 15.1 Å². The zero-order valence-corrected chi connectivity index (χ0v) is 16.9. The minimum absolute atomic E-state index is 0.113. The molecule has 0 aliphatic heterocycles. The summed E-state index contributed by atoms with van der Waals surface area (Å²) in [5.74, 6) is 0.519. The smallest absolute Gasteiger partial charge is 0.416 e. The van der Waals surface area contributed by atoms with Gasteiger partial charge in [-0.1, -0.05) is 23.8 Å². The van der Waals surface area contributed by atoms with Gasteiger partial charge in [-0.3, -0.25) is 4.79 Å². The van der Waals surface area contributed by atoms with Gasteiger partial charge in [-0.25, -0.2) is 4.68 Å². The van der Waals surface area contributed by atoms with Crippen molar-refractivity contribution in [2.45, 2.75) is 31.9 Å². The van der Waals surface area contributed by atoms with Gasteiger partial charge in [0.25, 0.3) is 5.91 Å². The number of halogens is 3. The van der Waals surface area contributed by atoms with Crippen LogP contribution in [-0.4, -0.2) is 28.8 Å². The second-order valence-corrected chi connectivity index (χ2v) is 7.60. The molecule has 8 heteroatoms. The first-order valence-corrected chi connectivity index (χ1v) is 10.1. The molecule has 1 saturated carbocycles. The average molecular weight is 429 g/mol. The molecule has 1 N–H and O–H groups in total. The lowest BCUT2D eigenvalue weighted by Gasteiger charge is -2.12. The molecule has 0 saturated heterocycles. The van der Waals surface area contributed by atoms with E-state index in [1.54, 1.807) is 6.07 Å². The minimum Gasteiger partial charge on any atom is -0.492 e. The van der Waals surface area contributed by atoms with Crippen molar-refractivity contribution in [3.8, 4) is 11.4 Å². The Morgan fingerprint density at radius 2 is 1.94 bits per heavy atom. The van der Waals surface area contributed by atoms with Gasteiger partial charge in [-0.2, -0.15) is 18.3 Å². The normalized spacial score (nSPS) is 13.8. The van der Waals surface area contributed by atoms with Crippen LogP contribution in [0.4, 0.5) is 13.2 Å². The second kappa shape index (κ2) is 8.45. The fourth-order valence-corrected chi connectivity index (χ4v) is 3.37. The number of carbonyl (C=O) groups excluding carboxylic acids is 1. The van der Waals surface area contributed by atoms with Gasteiger partial charge in [0.15, 0.2) is 0 Å². The quantitative estimate of drug-likeness (QED) is 0.545. The first-order valence-electron chi connectivity index (χ1n) is 10.1. The van der Waals surface area contributed by atoms with E-state index in [2.05, 4.69) is 10.4 Å². The molecule has 3 aromatic rings. The molecule has 1 aliphatic rings. The number of aromatic nitrogens is 2. The lowest BCUT2D eigenvalue weighted by molar-refractivity contribution is -0.137. The van der Waals surface area contributed by atoms with Gasteiger partial charge in [0.2, 0.25) is 0 Å². The number of ether oxygens (including phenoxy) is 1. The van der Waals surface area contributed by atoms with Crippen LogP contribution in [0.2, 0.25) is 0 Å². The summed E-state index contributed by atoms with van der Waals surface area (Å²) < 4.78 is 46.4. The van der Waals surface area contributed by atoms with Crippen LogP contribution in [0.3, 0.4) is 0 Å². The average Bonchev–Trinajstić information content (AvgIpc) is 3.49. The van der Waals surface area contributed by atoms with Gasteiger partial charge in [0, 0.05) is 5.92 Å². The highest BCUT2D eigenvalue weighted by atomic mass is 19.4. The topological polar surface area (TPSA) is 56.1 Å². The molecule has 0 bridgehead atoms. The van der Waals surface area contributed by atoms with E-state index >= 15 is 0 Å². The number of nitrogens with one attached hydrogen (secondary N) is 1. The Bertz CT molecular complexity index is 1070. The molecule has 162 valence electrons. The lowest BCUT2D eigenvalue weighted by Crippen LogP contribution is -2.28. The minimum atomic E-state index is -4.44. The zero-order valence-electron chi connectivity index (χ0n) is 16.9. The van der Waals surface area contributed by atoms with E-state index in [1.807, 2.05) is 31.2 Å². The standard InChI is InChI=1S/C23H22F3N3O2/c1-15-5-9-19(10-6-15)31-12-11-27-22(30)20-14-28-29(21(20)16-7-8-16)18-4-2-3-17(13-18)23(24,25)26/h2-6,9-10,13-14,16H,7-8,11-12H2,1H3,(H,27,30). The molecule has 4 rings (SSSR count). The van der Waals surface area contributed by atoms with Crippen LogP contribution in [0.25, 0.3) is 5.69 Å². The first-order chi connectivity index (χ1) is 14.8. The highest BCUT2D eigenvalue weighted by Gasteiger charge is 2.34. The van der Waals surface area contributed by atoms with Crippen LogP contribution >= 0.6 is 0 Å². The van der Waals surface area contributed by atoms with Crippen LogP contribution in [0.5, 0.6) is 5.75 Å². The molecule has 0 spiro atoms. The van der Waals surface area contributed by atoms with Gasteiger partial charge in [0.05, 0.1) is 35.2 Å². The van der Waals surface area contributed by atoms with Gasteiger partial charge >= 0.3 is 6.18 Å². The maximum Gasteiger partial charge on any atom is 0.416 e. The molecule has 1 aliphatic carbocycles. The van der Waals surface area contributed by atoms with Crippen molar-refractivity contribution in [3.05, 3.63) is 77.1 Å². The molecule has 2 aromatic carbocycles. The van der Waals surface area contributed by atoms with Gasteiger partial charge in [-0.15, -0.1) is 0 Å². The summed E-state index contributed by atoms with van der Waals surface area (Å²) in [6, 6.07) is 12.6. The van der Waals surface area contributed by atoms with Crippen LogP contribution in [-0.2, 0) is 6.18 Å². The summed E-state index contributed by atoms with van der Waals surface area (Å²) in [6.07, 6.45) is -1.27. The van der Waals surface area contributed by atoms with Crippen LogP contribution in [0.15, 0.2) is 54.7 Å². The molecule has 5 nitrogen and oxygen atoms in total. The molecule has 1 amide bonds. The third kappa shape index (κ3) is 4.90. The Balaban J connectivity index is 1.46. The monoisotopic (exact) mass is 429 g/mol. The summed E-state index contributed by atoms with van der Waals surface area (Å²) in [6.45, 7) is 2.59. The third-order valence-corrected chi connectivity index (χ3v) is 5.11. The van der Waals surface area contributed by atoms with Gasteiger partial charge in [-0.05, 0) is 50.1 Å². The second-order valence-electron chi connectivity index (χ2n) is 7.60. The molecule has 1 fully saturated rings. The maximum absolute atomic E-state index is 13.1. The Kier molecular flexibility index (Phi) is 5.71. The third-order valence-electron chi connectivity index (χ3n) is 5.11. The number of hydrogen-bond donors (Lipinski definition) is 1. The fraction of sp³-hybridized carbons (Fsp3) is 0.304.